The van der Waals surface area contributed by atoms with Crippen molar-refractivity contribution >= 4 is 27.6 Å². The van der Waals surface area contributed by atoms with Crippen LogP contribution in [0.1, 0.15) is 37.0 Å². The highest BCUT2D eigenvalue weighted by Gasteiger charge is 2.33. The molecule has 0 radical (unpaired) electrons. The summed E-state index contributed by atoms with van der Waals surface area (Å²) < 4.78 is 32.8. The van der Waals surface area contributed by atoms with Gasteiger partial charge in [0.15, 0.2) is 5.03 Å². The number of carbonyl (C=O) groups is 1. The van der Waals surface area contributed by atoms with Crippen molar-refractivity contribution in [2.75, 3.05) is 17.7 Å². The topological polar surface area (TPSA) is 140 Å². The second kappa shape index (κ2) is 9.26. The fourth-order valence-electron chi connectivity index (χ4n) is 4.06. The van der Waals surface area contributed by atoms with Crippen LogP contribution in [0.4, 0.5) is 11.6 Å². The monoisotopic (exact) mass is 482 g/mol. The van der Waals surface area contributed by atoms with Crippen molar-refractivity contribution in [3.8, 4) is 17.1 Å². The number of anilines is 2. The summed E-state index contributed by atoms with van der Waals surface area (Å²) in [6, 6.07) is 11.3. The van der Waals surface area contributed by atoms with Crippen molar-refractivity contribution in [2.45, 2.75) is 43.8 Å². The lowest BCUT2D eigenvalue weighted by molar-refractivity contribution is 0.0981. The first-order chi connectivity index (χ1) is 16.2. The summed E-state index contributed by atoms with van der Waals surface area (Å²) >= 11 is 0. The molecular formula is C23H26N6O4S. The van der Waals surface area contributed by atoms with Gasteiger partial charge < -0.3 is 15.4 Å². The van der Waals surface area contributed by atoms with E-state index in [1.807, 2.05) is 6.07 Å². The predicted octanol–water partition coefficient (Wildman–Crippen LogP) is 2.63. The van der Waals surface area contributed by atoms with Crippen molar-refractivity contribution in [3.63, 3.8) is 0 Å². The van der Waals surface area contributed by atoms with Gasteiger partial charge in [-0.15, -0.1) is 0 Å². The molecule has 3 N–H and O–H groups in total. The number of nitrogens with one attached hydrogen (secondary N) is 1. The molecule has 10 nitrogen and oxygen atoms in total. The fraction of sp³-hybridized carbons (Fsp3) is 0.304. The second-order valence-corrected chi connectivity index (χ2v) is 9.80. The number of hydrogen-bond donors (Lipinski definition) is 2. The number of nitrogens with zero attached hydrogens (tertiary/aromatic N) is 4. The maximum Gasteiger partial charge on any atom is 0.281 e. The number of carbonyl (C=O) groups excluding carboxylic acids is 1. The minimum absolute atomic E-state index is 0.0369. The van der Waals surface area contributed by atoms with E-state index >= 15 is 0 Å². The molecule has 1 aliphatic heterocycles. The highest BCUT2D eigenvalue weighted by molar-refractivity contribution is 7.90. The summed E-state index contributed by atoms with van der Waals surface area (Å²) in [6.45, 7) is 4.11. The Morgan fingerprint density at radius 3 is 2.44 bits per heavy atom. The van der Waals surface area contributed by atoms with Crippen molar-refractivity contribution in [1.29, 1.82) is 0 Å². The Morgan fingerprint density at radius 1 is 1.09 bits per heavy atom. The first-order valence-electron chi connectivity index (χ1n) is 10.8. The highest BCUT2D eigenvalue weighted by Crippen LogP contribution is 2.33. The number of aromatic nitrogens is 3. The molecule has 0 bridgehead atoms. The molecule has 178 valence electrons. The van der Waals surface area contributed by atoms with Gasteiger partial charge in [0.1, 0.15) is 11.6 Å². The zero-order valence-electron chi connectivity index (χ0n) is 19.1. The molecule has 1 unspecified atom stereocenters. The molecule has 34 heavy (non-hydrogen) atoms. The first-order valence-corrected chi connectivity index (χ1v) is 12.3. The average molecular weight is 483 g/mol. The molecule has 0 spiro atoms. The molecule has 1 aliphatic rings. The number of pyridine rings is 3. The lowest BCUT2D eigenvalue weighted by Crippen LogP contribution is -2.37. The SMILES string of the molecule is COc1ccc(-c2ccc(C(=O)NS(=O)(=O)c3cccc(N)n3)c(N3C(C)CC[C@@H]3C)n2)cn1. The maximum absolute atomic E-state index is 13.2. The van der Waals surface area contributed by atoms with Crippen molar-refractivity contribution in [2.24, 2.45) is 0 Å². The van der Waals surface area contributed by atoms with Crippen LogP contribution >= 0.6 is 0 Å². The third kappa shape index (κ3) is 4.65. The third-order valence-electron chi connectivity index (χ3n) is 5.80. The number of nitrogens with two attached hydrogens (primary N) is 1. The van der Waals surface area contributed by atoms with E-state index in [0.717, 1.165) is 18.4 Å². The Labute approximate surface area is 198 Å². The lowest BCUT2D eigenvalue weighted by Gasteiger charge is -2.29. The van der Waals surface area contributed by atoms with E-state index in [4.69, 9.17) is 15.5 Å². The lowest BCUT2D eigenvalue weighted by atomic mass is 10.1. The van der Waals surface area contributed by atoms with Gasteiger partial charge >= 0.3 is 0 Å². The Kier molecular flexibility index (Phi) is 6.38. The number of ether oxygens (including phenoxy) is 1. The van der Waals surface area contributed by atoms with Gasteiger partial charge in [0, 0.05) is 29.9 Å². The number of hydrogen-bond acceptors (Lipinski definition) is 9. The number of sulfonamides is 1. The summed E-state index contributed by atoms with van der Waals surface area (Å²) in [5, 5.41) is -0.334. The molecule has 1 saturated heterocycles. The smallest absolute Gasteiger partial charge is 0.281 e. The standard InChI is InChI=1S/C23H26N6O4S/c1-14-7-8-15(2)29(14)22-17(10-11-18(26-22)16-9-12-20(33-3)25-13-16)23(30)28-34(31,32)21-6-4-5-19(24)27-21/h4-6,9-15H,7-8H2,1-3H3,(H2,24,27)(H,28,30)/t14-,15?/m0/s1. The molecular weight excluding hydrogens is 456 g/mol. The minimum Gasteiger partial charge on any atom is -0.481 e. The first kappa shape index (κ1) is 23.4. The summed E-state index contributed by atoms with van der Waals surface area (Å²) in [7, 11) is -2.69. The van der Waals surface area contributed by atoms with Gasteiger partial charge in [-0.2, -0.15) is 8.42 Å². The molecule has 4 heterocycles. The van der Waals surface area contributed by atoms with Crippen LogP contribution in [-0.4, -0.2) is 48.5 Å². The van der Waals surface area contributed by atoms with Gasteiger partial charge in [0.2, 0.25) is 5.88 Å². The minimum atomic E-state index is -4.23. The predicted molar refractivity (Wildman–Crippen MR) is 128 cm³/mol. The van der Waals surface area contributed by atoms with Gasteiger partial charge in [-0.25, -0.2) is 19.7 Å². The zero-order valence-corrected chi connectivity index (χ0v) is 19.9. The van der Waals surface area contributed by atoms with Gasteiger partial charge in [0.25, 0.3) is 15.9 Å². The van der Waals surface area contributed by atoms with Crippen molar-refractivity contribution in [1.82, 2.24) is 19.7 Å². The van der Waals surface area contributed by atoms with Crippen LogP contribution in [0.2, 0.25) is 0 Å². The fourth-order valence-corrected chi connectivity index (χ4v) is 5.00. The van der Waals surface area contributed by atoms with E-state index in [1.54, 1.807) is 24.4 Å². The van der Waals surface area contributed by atoms with E-state index in [1.165, 1.54) is 25.3 Å². The summed E-state index contributed by atoms with van der Waals surface area (Å²) in [4.78, 5) is 28.1. The maximum atomic E-state index is 13.2. The van der Waals surface area contributed by atoms with Crippen LogP contribution in [0.25, 0.3) is 11.3 Å². The largest absolute Gasteiger partial charge is 0.481 e. The normalized spacial score (nSPS) is 18.0. The molecule has 3 aromatic heterocycles. The van der Waals surface area contributed by atoms with Crippen molar-refractivity contribution in [3.05, 3.63) is 54.2 Å². The Bertz CT molecular complexity index is 1300. The molecule has 2 atom stereocenters. The van der Waals surface area contributed by atoms with E-state index in [9.17, 15) is 13.2 Å². The summed E-state index contributed by atoms with van der Waals surface area (Å²) in [5.74, 6) is 0.133. The number of amides is 1. The van der Waals surface area contributed by atoms with Gasteiger partial charge in [-0.3, -0.25) is 4.79 Å². The van der Waals surface area contributed by atoms with Crippen LogP contribution in [0.15, 0.2) is 53.7 Å². The number of rotatable bonds is 6. The molecule has 0 aromatic carbocycles. The van der Waals surface area contributed by atoms with Crippen LogP contribution in [-0.2, 0) is 10.0 Å². The molecule has 0 saturated carbocycles. The summed E-state index contributed by atoms with van der Waals surface area (Å²) in [5.41, 5.74) is 7.10. The second-order valence-electron chi connectivity index (χ2n) is 8.17. The average Bonchev–Trinajstić information content (AvgIpc) is 3.16. The van der Waals surface area contributed by atoms with Gasteiger partial charge in [-0.05, 0) is 57.0 Å². The third-order valence-corrected chi connectivity index (χ3v) is 7.04. The Hall–Kier alpha value is -3.73. The number of nitrogen functional groups attached to an aromatic ring is 1. The Morgan fingerprint density at radius 2 is 1.82 bits per heavy atom. The zero-order chi connectivity index (χ0) is 24.5. The Balaban J connectivity index is 1.74. The van der Waals surface area contributed by atoms with E-state index < -0.39 is 15.9 Å². The molecule has 11 heteroatoms. The van der Waals surface area contributed by atoms with E-state index in [-0.39, 0.29) is 28.5 Å². The molecule has 4 rings (SSSR count). The quantitative estimate of drug-likeness (QED) is 0.542. The highest BCUT2D eigenvalue weighted by atomic mass is 32.2. The van der Waals surface area contributed by atoms with Crippen LogP contribution in [0.5, 0.6) is 5.88 Å². The molecule has 0 aliphatic carbocycles. The summed E-state index contributed by atoms with van der Waals surface area (Å²) in [6.07, 6.45) is 3.50. The van der Waals surface area contributed by atoms with Crippen molar-refractivity contribution < 1.29 is 17.9 Å². The van der Waals surface area contributed by atoms with E-state index in [0.29, 0.717) is 17.4 Å². The molecule has 3 aromatic rings. The van der Waals surface area contributed by atoms with Crippen LogP contribution in [0, 0.1) is 0 Å². The number of methoxy groups -OCH3 is 1. The van der Waals surface area contributed by atoms with Crippen LogP contribution < -0.4 is 20.1 Å². The van der Waals surface area contributed by atoms with Crippen LogP contribution in [0.3, 0.4) is 0 Å². The molecule has 1 amide bonds. The molecule has 1 fully saturated rings. The van der Waals surface area contributed by atoms with Gasteiger partial charge in [0.05, 0.1) is 18.4 Å². The van der Waals surface area contributed by atoms with Gasteiger partial charge in [-0.1, -0.05) is 6.07 Å². The van der Waals surface area contributed by atoms with E-state index in [2.05, 4.69) is 33.4 Å².